The molecule has 0 radical (unpaired) electrons. The van der Waals surface area contributed by atoms with Gasteiger partial charge < -0.3 is 15.4 Å². The van der Waals surface area contributed by atoms with Crippen molar-refractivity contribution >= 4 is 38.9 Å². The van der Waals surface area contributed by atoms with Crippen LogP contribution in [0, 0.1) is 6.92 Å². The molecule has 2 aromatic rings. The first-order valence-electron chi connectivity index (χ1n) is 10.7. The van der Waals surface area contributed by atoms with E-state index in [1.807, 2.05) is 12.1 Å². The predicted molar refractivity (Wildman–Crippen MR) is 126 cm³/mol. The van der Waals surface area contributed by atoms with Gasteiger partial charge in [-0.15, -0.1) is 0 Å². The number of carbonyl (C=O) groups excluding carboxylic acids is 2. The van der Waals surface area contributed by atoms with Gasteiger partial charge in [0.2, 0.25) is 21.8 Å². The van der Waals surface area contributed by atoms with Crippen molar-refractivity contribution in [2.24, 2.45) is 0 Å². The second kappa shape index (κ2) is 10.5. The van der Waals surface area contributed by atoms with E-state index in [-0.39, 0.29) is 24.0 Å². The molecule has 172 valence electrons. The Morgan fingerprint density at radius 1 is 1.16 bits per heavy atom. The molecule has 0 aromatic heterocycles. The molecule has 2 amide bonds. The molecule has 9 heteroatoms. The number of hydrogen-bond donors (Lipinski definition) is 3. The monoisotopic (exact) mass is 459 g/mol. The Bertz CT molecular complexity index is 1100. The first kappa shape index (κ1) is 23.6. The lowest BCUT2D eigenvalue weighted by Gasteiger charge is -2.17. The van der Waals surface area contributed by atoms with E-state index in [4.69, 9.17) is 4.74 Å². The summed E-state index contributed by atoms with van der Waals surface area (Å²) in [7, 11) is -3.40. The molecule has 1 aliphatic rings. The number of nitrogens with one attached hydrogen (secondary N) is 3. The van der Waals surface area contributed by atoms with Crippen molar-refractivity contribution < 1.29 is 22.7 Å². The molecule has 0 unspecified atom stereocenters. The van der Waals surface area contributed by atoms with E-state index in [2.05, 4.69) is 15.4 Å². The van der Waals surface area contributed by atoms with Crippen molar-refractivity contribution in [3.63, 3.8) is 0 Å². The highest BCUT2D eigenvalue weighted by atomic mass is 32.2. The first-order valence-corrected chi connectivity index (χ1v) is 12.4. The Balaban J connectivity index is 1.48. The Labute approximate surface area is 188 Å². The van der Waals surface area contributed by atoms with Gasteiger partial charge >= 0.3 is 0 Å². The molecule has 2 aromatic carbocycles. The van der Waals surface area contributed by atoms with E-state index in [1.165, 1.54) is 0 Å². The number of rotatable bonds is 10. The number of hydrogen-bond acceptors (Lipinski definition) is 5. The molecule has 0 saturated carbocycles. The number of sulfonamides is 1. The lowest BCUT2D eigenvalue weighted by molar-refractivity contribution is -0.117. The summed E-state index contributed by atoms with van der Waals surface area (Å²) in [4.78, 5) is 23.8. The Morgan fingerprint density at radius 3 is 2.72 bits per heavy atom. The van der Waals surface area contributed by atoms with Gasteiger partial charge in [-0.05, 0) is 67.6 Å². The number of ether oxygens (including phenoxy) is 1. The molecule has 0 fully saturated rings. The summed E-state index contributed by atoms with van der Waals surface area (Å²) in [6, 6.07) is 10.7. The quantitative estimate of drug-likeness (QED) is 0.467. The van der Waals surface area contributed by atoms with Gasteiger partial charge in [0, 0.05) is 24.2 Å². The van der Waals surface area contributed by atoms with Crippen molar-refractivity contribution in [3.8, 4) is 5.75 Å². The maximum absolute atomic E-state index is 12.4. The molecule has 0 saturated heterocycles. The highest BCUT2D eigenvalue weighted by Gasteiger charge is 2.15. The molecule has 0 atom stereocenters. The van der Waals surface area contributed by atoms with Crippen molar-refractivity contribution in [1.29, 1.82) is 0 Å². The molecule has 0 bridgehead atoms. The van der Waals surface area contributed by atoms with Crippen molar-refractivity contribution in [1.82, 2.24) is 0 Å². The van der Waals surface area contributed by atoms with Crippen LogP contribution < -0.4 is 20.1 Å². The summed E-state index contributed by atoms with van der Waals surface area (Å²) in [6.07, 6.45) is 2.48. The van der Waals surface area contributed by atoms with Crippen LogP contribution in [-0.4, -0.2) is 32.6 Å². The number of anilines is 3. The zero-order chi connectivity index (χ0) is 23.1. The summed E-state index contributed by atoms with van der Waals surface area (Å²) in [6.45, 7) is 3.95. The van der Waals surface area contributed by atoms with E-state index in [0.717, 1.165) is 11.3 Å². The Kier molecular flexibility index (Phi) is 7.74. The second-order valence-electron chi connectivity index (χ2n) is 7.77. The van der Waals surface area contributed by atoms with E-state index in [0.29, 0.717) is 55.0 Å². The minimum atomic E-state index is -3.40. The van der Waals surface area contributed by atoms with Crippen molar-refractivity contribution in [3.05, 3.63) is 47.5 Å². The summed E-state index contributed by atoms with van der Waals surface area (Å²) in [5, 5.41) is 5.68. The smallest absolute Gasteiger partial charge is 0.232 e. The van der Waals surface area contributed by atoms with Crippen LogP contribution >= 0.6 is 0 Å². The molecule has 1 heterocycles. The largest absolute Gasteiger partial charge is 0.494 e. The third-order valence-electron chi connectivity index (χ3n) is 5.14. The van der Waals surface area contributed by atoms with Crippen LogP contribution in [0.15, 0.2) is 36.4 Å². The molecular weight excluding hydrogens is 430 g/mol. The van der Waals surface area contributed by atoms with E-state index < -0.39 is 10.0 Å². The minimum absolute atomic E-state index is 0.0244. The third-order valence-corrected chi connectivity index (χ3v) is 6.61. The van der Waals surface area contributed by atoms with Gasteiger partial charge in [-0.1, -0.05) is 13.0 Å². The zero-order valence-electron chi connectivity index (χ0n) is 18.4. The van der Waals surface area contributed by atoms with Gasteiger partial charge in [0.1, 0.15) is 5.75 Å². The lowest BCUT2D eigenvalue weighted by Crippen LogP contribution is -2.19. The number of benzene rings is 2. The number of aryl methyl sites for hydroxylation is 1. The van der Waals surface area contributed by atoms with Crippen LogP contribution in [0.2, 0.25) is 0 Å². The van der Waals surface area contributed by atoms with Crippen LogP contribution in [0.1, 0.15) is 43.7 Å². The summed E-state index contributed by atoms with van der Waals surface area (Å²) < 4.78 is 32.4. The van der Waals surface area contributed by atoms with Gasteiger partial charge in [0.15, 0.2) is 0 Å². The van der Waals surface area contributed by atoms with Gasteiger partial charge in [0.05, 0.1) is 18.0 Å². The number of amides is 2. The van der Waals surface area contributed by atoms with Crippen molar-refractivity contribution in [2.45, 2.75) is 46.0 Å². The van der Waals surface area contributed by atoms with Gasteiger partial charge in [-0.3, -0.25) is 14.3 Å². The molecule has 3 N–H and O–H groups in total. The average Bonchev–Trinajstić information content (AvgIpc) is 2.74. The maximum Gasteiger partial charge on any atom is 0.232 e. The number of carbonyl (C=O) groups is 2. The van der Waals surface area contributed by atoms with Crippen molar-refractivity contribution in [2.75, 3.05) is 27.7 Å². The van der Waals surface area contributed by atoms with Crippen LogP contribution in [-0.2, 0) is 26.0 Å². The topological polar surface area (TPSA) is 114 Å². The Hall–Kier alpha value is -3.07. The summed E-state index contributed by atoms with van der Waals surface area (Å²) in [5.41, 5.74) is 3.57. The molecule has 0 aliphatic carbocycles. The zero-order valence-corrected chi connectivity index (χ0v) is 19.2. The average molecular weight is 460 g/mol. The second-order valence-corrected chi connectivity index (χ2v) is 9.61. The highest BCUT2D eigenvalue weighted by molar-refractivity contribution is 7.92. The first-order chi connectivity index (χ1) is 15.3. The minimum Gasteiger partial charge on any atom is -0.494 e. The normalized spacial score (nSPS) is 13.1. The van der Waals surface area contributed by atoms with Crippen LogP contribution in [0.5, 0.6) is 5.75 Å². The Morgan fingerprint density at radius 2 is 1.94 bits per heavy atom. The van der Waals surface area contributed by atoms with E-state index in [9.17, 15) is 18.0 Å². The van der Waals surface area contributed by atoms with Gasteiger partial charge in [-0.25, -0.2) is 8.42 Å². The van der Waals surface area contributed by atoms with Crippen LogP contribution in [0.4, 0.5) is 17.1 Å². The summed E-state index contributed by atoms with van der Waals surface area (Å²) in [5.74, 6) is 0.611. The number of fused-ring (bicyclic) bond motifs is 1. The van der Waals surface area contributed by atoms with E-state index >= 15 is 0 Å². The highest BCUT2D eigenvalue weighted by Crippen LogP contribution is 2.27. The maximum atomic E-state index is 12.4. The molecule has 1 aliphatic heterocycles. The van der Waals surface area contributed by atoms with Gasteiger partial charge in [-0.2, -0.15) is 0 Å². The molecule has 3 rings (SSSR count). The molecular formula is C23H29N3O5S. The molecule has 32 heavy (non-hydrogen) atoms. The SMILES string of the molecule is CCCS(=O)(=O)Nc1cccc(NC(=O)CCCOc2ccc3c(c2)CCC(=O)N3)c1C. The predicted octanol–water partition coefficient (Wildman–Crippen LogP) is 3.83. The van der Waals surface area contributed by atoms with Crippen LogP contribution in [0.3, 0.4) is 0 Å². The summed E-state index contributed by atoms with van der Waals surface area (Å²) >= 11 is 0. The third kappa shape index (κ3) is 6.46. The fraction of sp³-hybridized carbons (Fsp3) is 0.391. The molecule has 0 spiro atoms. The standard InChI is InChI=1S/C23H29N3O5S/c1-3-14-32(29,30)26-20-7-4-6-19(16(20)2)24-22(27)8-5-13-31-18-10-11-21-17(15-18)9-12-23(28)25-21/h4,6-7,10-11,15,26H,3,5,8-9,12-14H2,1-2H3,(H,24,27)(H,25,28). The van der Waals surface area contributed by atoms with Crippen LogP contribution in [0.25, 0.3) is 0 Å². The van der Waals surface area contributed by atoms with E-state index in [1.54, 1.807) is 38.1 Å². The fourth-order valence-corrected chi connectivity index (χ4v) is 4.65. The molecule has 8 nitrogen and oxygen atoms in total. The lowest BCUT2D eigenvalue weighted by atomic mass is 10.0. The fourth-order valence-electron chi connectivity index (χ4n) is 3.45. The van der Waals surface area contributed by atoms with Gasteiger partial charge in [0.25, 0.3) is 0 Å².